The number of aryl methyl sites for hydroxylation is 1. The van der Waals surface area contributed by atoms with Crippen LogP contribution in [0.15, 0.2) is 60.8 Å². The molecule has 0 bridgehead atoms. The average molecular weight is 357 g/mol. The molecular formula is C19H17ClN2OS. The standard InChI is InChI=1S/C19H17ClN2OS/c1-13-7-9-14(10-8-13)11-16-12-21-19(24-16)22-18(23)17(20)15-5-3-2-4-6-15/h2-10,12,17H,11H2,1H3,(H,21,22,23). The van der Waals surface area contributed by atoms with Crippen LogP contribution in [0.2, 0.25) is 0 Å². The maximum absolute atomic E-state index is 12.2. The number of anilines is 1. The van der Waals surface area contributed by atoms with Crippen LogP contribution in [0.5, 0.6) is 0 Å². The van der Waals surface area contributed by atoms with Gasteiger partial charge in [-0.3, -0.25) is 4.79 Å². The smallest absolute Gasteiger partial charge is 0.248 e. The van der Waals surface area contributed by atoms with E-state index in [-0.39, 0.29) is 5.91 Å². The summed E-state index contributed by atoms with van der Waals surface area (Å²) >= 11 is 7.69. The molecule has 3 nitrogen and oxygen atoms in total. The van der Waals surface area contributed by atoms with Gasteiger partial charge in [-0.25, -0.2) is 4.98 Å². The molecule has 3 aromatic rings. The van der Waals surface area contributed by atoms with E-state index in [2.05, 4.69) is 41.5 Å². The number of carbonyl (C=O) groups is 1. The fourth-order valence-electron chi connectivity index (χ4n) is 2.30. The number of nitrogens with zero attached hydrogens (tertiary/aromatic N) is 1. The molecule has 1 unspecified atom stereocenters. The molecule has 0 aliphatic rings. The number of halogens is 1. The average Bonchev–Trinajstić information content (AvgIpc) is 3.04. The van der Waals surface area contributed by atoms with Crippen LogP contribution in [0.1, 0.15) is 26.9 Å². The highest BCUT2D eigenvalue weighted by molar-refractivity contribution is 7.15. The van der Waals surface area contributed by atoms with Crippen LogP contribution in [-0.2, 0) is 11.2 Å². The van der Waals surface area contributed by atoms with Gasteiger partial charge in [-0.1, -0.05) is 60.2 Å². The lowest BCUT2D eigenvalue weighted by molar-refractivity contribution is -0.116. The Balaban J connectivity index is 1.63. The Hall–Kier alpha value is -2.17. The van der Waals surface area contributed by atoms with E-state index < -0.39 is 5.38 Å². The Bertz CT molecular complexity index is 815. The zero-order valence-corrected chi connectivity index (χ0v) is 14.8. The number of benzene rings is 2. The van der Waals surface area contributed by atoms with Crippen LogP contribution in [0, 0.1) is 6.92 Å². The summed E-state index contributed by atoms with van der Waals surface area (Å²) in [6.45, 7) is 2.07. The van der Waals surface area contributed by atoms with Gasteiger partial charge in [0.05, 0.1) is 0 Å². The maximum Gasteiger partial charge on any atom is 0.248 e. The predicted molar refractivity (Wildman–Crippen MR) is 99.8 cm³/mol. The monoisotopic (exact) mass is 356 g/mol. The van der Waals surface area contributed by atoms with E-state index in [1.165, 1.54) is 22.5 Å². The minimum absolute atomic E-state index is 0.265. The lowest BCUT2D eigenvalue weighted by Gasteiger charge is -2.08. The van der Waals surface area contributed by atoms with Crippen LogP contribution in [0.25, 0.3) is 0 Å². The number of alkyl halides is 1. The Labute approximate surface area is 150 Å². The molecule has 0 saturated heterocycles. The zero-order chi connectivity index (χ0) is 16.9. The number of aromatic nitrogens is 1. The summed E-state index contributed by atoms with van der Waals surface area (Å²) < 4.78 is 0. The SMILES string of the molecule is Cc1ccc(Cc2cnc(NC(=O)C(Cl)c3ccccc3)s2)cc1. The Morgan fingerprint density at radius 1 is 1.17 bits per heavy atom. The van der Waals surface area contributed by atoms with E-state index in [1.54, 1.807) is 6.20 Å². The lowest BCUT2D eigenvalue weighted by atomic mass is 10.1. The quantitative estimate of drug-likeness (QED) is 0.656. The molecule has 5 heteroatoms. The van der Waals surface area contributed by atoms with Crippen molar-refractivity contribution in [1.29, 1.82) is 0 Å². The van der Waals surface area contributed by atoms with Gasteiger partial charge in [0, 0.05) is 17.5 Å². The second-order valence-electron chi connectivity index (χ2n) is 5.56. The van der Waals surface area contributed by atoms with Crippen molar-refractivity contribution >= 4 is 34.0 Å². The number of rotatable bonds is 5. The molecule has 1 heterocycles. The number of carbonyl (C=O) groups excluding carboxylic acids is 1. The van der Waals surface area contributed by atoms with Gasteiger partial charge < -0.3 is 5.32 Å². The van der Waals surface area contributed by atoms with Gasteiger partial charge in [-0.2, -0.15) is 0 Å². The Morgan fingerprint density at radius 3 is 2.58 bits per heavy atom. The van der Waals surface area contributed by atoms with Gasteiger partial charge in [-0.05, 0) is 18.1 Å². The van der Waals surface area contributed by atoms with E-state index in [0.29, 0.717) is 5.13 Å². The minimum Gasteiger partial charge on any atom is -0.300 e. The predicted octanol–water partition coefficient (Wildman–Crippen LogP) is 4.96. The molecule has 0 spiro atoms. The molecule has 3 rings (SSSR count). The van der Waals surface area contributed by atoms with Crippen molar-refractivity contribution in [2.45, 2.75) is 18.7 Å². The van der Waals surface area contributed by atoms with Crippen LogP contribution in [-0.4, -0.2) is 10.9 Å². The van der Waals surface area contributed by atoms with Gasteiger partial charge in [-0.15, -0.1) is 22.9 Å². The van der Waals surface area contributed by atoms with Gasteiger partial charge in [0.25, 0.3) is 0 Å². The van der Waals surface area contributed by atoms with Crippen molar-refractivity contribution in [1.82, 2.24) is 4.98 Å². The number of hydrogen-bond donors (Lipinski definition) is 1. The van der Waals surface area contributed by atoms with E-state index >= 15 is 0 Å². The van der Waals surface area contributed by atoms with Gasteiger partial charge in [0.15, 0.2) is 5.13 Å². The number of nitrogens with one attached hydrogen (secondary N) is 1. The first kappa shape index (κ1) is 16.7. The van der Waals surface area contributed by atoms with Crippen LogP contribution < -0.4 is 5.32 Å². The Morgan fingerprint density at radius 2 is 1.88 bits per heavy atom. The number of thiazole rings is 1. The maximum atomic E-state index is 12.2. The second kappa shape index (κ2) is 7.60. The first-order valence-corrected chi connectivity index (χ1v) is 8.87. The third-order valence-electron chi connectivity index (χ3n) is 3.61. The molecule has 122 valence electrons. The van der Waals surface area contributed by atoms with Crippen molar-refractivity contribution in [3.8, 4) is 0 Å². The molecule has 2 aromatic carbocycles. The minimum atomic E-state index is -0.726. The second-order valence-corrected chi connectivity index (χ2v) is 7.11. The van der Waals surface area contributed by atoms with Gasteiger partial charge >= 0.3 is 0 Å². The summed E-state index contributed by atoms with van der Waals surface area (Å²) in [6.07, 6.45) is 2.60. The topological polar surface area (TPSA) is 42.0 Å². The van der Waals surface area contributed by atoms with E-state index in [1.807, 2.05) is 30.3 Å². The van der Waals surface area contributed by atoms with Crippen LogP contribution in [0.3, 0.4) is 0 Å². The van der Waals surface area contributed by atoms with E-state index in [4.69, 9.17) is 11.6 Å². The fraction of sp³-hybridized carbons (Fsp3) is 0.158. The highest BCUT2D eigenvalue weighted by atomic mass is 35.5. The van der Waals surface area contributed by atoms with Crippen LogP contribution in [0.4, 0.5) is 5.13 Å². The third-order valence-corrected chi connectivity index (χ3v) is 4.97. The molecule has 24 heavy (non-hydrogen) atoms. The van der Waals surface area contributed by atoms with E-state index in [0.717, 1.165) is 16.9 Å². The molecule has 0 fully saturated rings. The van der Waals surface area contributed by atoms with E-state index in [9.17, 15) is 4.79 Å². The molecular weight excluding hydrogens is 340 g/mol. The molecule has 1 aromatic heterocycles. The lowest BCUT2D eigenvalue weighted by Crippen LogP contribution is -2.17. The molecule has 0 saturated carbocycles. The molecule has 0 aliphatic carbocycles. The summed E-state index contributed by atoms with van der Waals surface area (Å²) in [4.78, 5) is 17.6. The molecule has 0 radical (unpaired) electrons. The van der Waals surface area contributed by atoms with Gasteiger partial charge in [0.2, 0.25) is 5.91 Å². The first-order valence-electron chi connectivity index (χ1n) is 7.62. The summed E-state index contributed by atoms with van der Waals surface area (Å²) in [5.74, 6) is -0.265. The van der Waals surface area contributed by atoms with Crippen molar-refractivity contribution in [3.63, 3.8) is 0 Å². The zero-order valence-electron chi connectivity index (χ0n) is 13.2. The van der Waals surface area contributed by atoms with Crippen molar-refractivity contribution < 1.29 is 4.79 Å². The number of amides is 1. The summed E-state index contributed by atoms with van der Waals surface area (Å²) in [5, 5.41) is 2.64. The molecule has 0 aliphatic heterocycles. The highest BCUT2D eigenvalue weighted by Crippen LogP contribution is 2.25. The normalized spacial score (nSPS) is 11.9. The summed E-state index contributed by atoms with van der Waals surface area (Å²) in [6, 6.07) is 17.7. The van der Waals surface area contributed by atoms with Crippen molar-refractivity contribution in [2.24, 2.45) is 0 Å². The largest absolute Gasteiger partial charge is 0.300 e. The Kier molecular flexibility index (Phi) is 5.28. The fourth-order valence-corrected chi connectivity index (χ4v) is 3.35. The highest BCUT2D eigenvalue weighted by Gasteiger charge is 2.18. The van der Waals surface area contributed by atoms with Crippen molar-refractivity contribution in [3.05, 3.63) is 82.4 Å². The molecule has 1 N–H and O–H groups in total. The molecule has 1 atom stereocenters. The van der Waals surface area contributed by atoms with Gasteiger partial charge in [0.1, 0.15) is 5.38 Å². The molecule has 1 amide bonds. The number of hydrogen-bond acceptors (Lipinski definition) is 3. The summed E-state index contributed by atoms with van der Waals surface area (Å²) in [7, 11) is 0. The summed E-state index contributed by atoms with van der Waals surface area (Å²) in [5.41, 5.74) is 3.24. The van der Waals surface area contributed by atoms with Crippen LogP contribution >= 0.6 is 22.9 Å². The third kappa shape index (κ3) is 4.22. The van der Waals surface area contributed by atoms with Crippen molar-refractivity contribution in [2.75, 3.05) is 5.32 Å². The first-order chi connectivity index (χ1) is 11.6.